The van der Waals surface area contributed by atoms with Gasteiger partial charge >= 0.3 is 5.97 Å². The molecule has 196 valence electrons. The van der Waals surface area contributed by atoms with Gasteiger partial charge in [-0.15, -0.1) is 0 Å². The van der Waals surface area contributed by atoms with Gasteiger partial charge in [-0.1, -0.05) is 71.6 Å². The van der Waals surface area contributed by atoms with E-state index in [9.17, 15) is 9.90 Å². The minimum Gasteiger partial charge on any atom is -0.491 e. The van der Waals surface area contributed by atoms with E-state index in [4.69, 9.17) is 9.73 Å². The van der Waals surface area contributed by atoms with Gasteiger partial charge in [0.25, 0.3) is 0 Å². The number of carboxylic acids is 1. The van der Waals surface area contributed by atoms with Crippen molar-refractivity contribution in [3.8, 4) is 17.1 Å². The first-order valence-electron chi connectivity index (χ1n) is 13.8. The van der Waals surface area contributed by atoms with Crippen LogP contribution in [-0.2, 0) is 6.42 Å². The van der Waals surface area contributed by atoms with Gasteiger partial charge in [-0.2, -0.15) is 0 Å². The third kappa shape index (κ3) is 7.74. The Morgan fingerprint density at radius 3 is 2.31 bits per heavy atom. The molecule has 6 heteroatoms. The van der Waals surface area contributed by atoms with E-state index < -0.39 is 5.97 Å². The van der Waals surface area contributed by atoms with Crippen LogP contribution >= 0.6 is 0 Å². The molecule has 3 rings (SSSR count). The number of nitrogens with one attached hydrogen (secondary N) is 2. The van der Waals surface area contributed by atoms with Crippen molar-refractivity contribution >= 4 is 17.8 Å². The molecular formula is C30H43N3O3. The number of rotatable bonds is 17. The number of ether oxygens (including phenoxy) is 1. The number of aliphatic imine (C=N–C) groups is 1. The summed E-state index contributed by atoms with van der Waals surface area (Å²) >= 11 is 0. The Labute approximate surface area is 216 Å². The van der Waals surface area contributed by atoms with Crippen LogP contribution < -0.4 is 4.74 Å². The number of aromatic carboxylic acids is 1. The maximum Gasteiger partial charge on any atom is 0.341 e. The number of hydrogen-bond donors (Lipinski definition) is 3. The molecule has 0 unspecified atom stereocenters. The highest BCUT2D eigenvalue weighted by molar-refractivity contribution is 6.01. The van der Waals surface area contributed by atoms with E-state index in [0.717, 1.165) is 48.5 Å². The average Bonchev–Trinajstić information content (AvgIpc) is 3.58. The number of aryl methyl sites for hydroxylation is 1. The molecule has 0 radical (unpaired) electrons. The highest BCUT2D eigenvalue weighted by Crippen LogP contribution is 2.36. The van der Waals surface area contributed by atoms with Crippen LogP contribution in [0.5, 0.6) is 5.75 Å². The summed E-state index contributed by atoms with van der Waals surface area (Å²) in [5.74, 6) is -0.660. The van der Waals surface area contributed by atoms with Gasteiger partial charge < -0.3 is 19.8 Å². The zero-order valence-corrected chi connectivity index (χ0v) is 22.3. The van der Waals surface area contributed by atoms with Crippen molar-refractivity contribution in [2.45, 2.75) is 97.8 Å². The largest absolute Gasteiger partial charge is 0.491 e. The molecule has 0 bridgehead atoms. The monoisotopic (exact) mass is 493 g/mol. The number of hydrogen-bond acceptors (Lipinski definition) is 3. The number of aromatic amines is 2. The quantitative estimate of drug-likeness (QED) is 0.193. The number of carboxylic acid groups (broad SMARTS) is 1. The summed E-state index contributed by atoms with van der Waals surface area (Å²) in [6.45, 7) is 6.62. The van der Waals surface area contributed by atoms with E-state index in [1.165, 1.54) is 51.4 Å². The SMILES string of the molecule is CCCCCCCCCCCC1=N/C(=C/c2[nH]c(-c3ccc(CCC)[nH]3)c(C(=O)O)c2OCC)C=C1. The second-order valence-electron chi connectivity index (χ2n) is 9.59. The maximum absolute atomic E-state index is 12.2. The van der Waals surface area contributed by atoms with Gasteiger partial charge in [-0.25, -0.2) is 4.79 Å². The molecular weight excluding hydrogens is 450 g/mol. The third-order valence-corrected chi connectivity index (χ3v) is 6.57. The Kier molecular flexibility index (Phi) is 11.1. The third-order valence-electron chi connectivity index (χ3n) is 6.57. The van der Waals surface area contributed by atoms with Crippen molar-refractivity contribution in [1.29, 1.82) is 0 Å². The van der Waals surface area contributed by atoms with Crippen LogP contribution in [0.3, 0.4) is 0 Å². The summed E-state index contributed by atoms with van der Waals surface area (Å²) in [6.07, 6.45) is 20.6. The predicted octanol–water partition coefficient (Wildman–Crippen LogP) is 8.33. The highest BCUT2D eigenvalue weighted by Gasteiger charge is 2.25. The highest BCUT2D eigenvalue weighted by atomic mass is 16.5. The minimum atomic E-state index is -1.02. The molecule has 36 heavy (non-hydrogen) atoms. The molecule has 0 aromatic carbocycles. The van der Waals surface area contributed by atoms with Crippen LogP contribution in [0.15, 0.2) is 35.0 Å². The second-order valence-corrected chi connectivity index (χ2v) is 9.59. The smallest absolute Gasteiger partial charge is 0.341 e. The van der Waals surface area contributed by atoms with E-state index in [-0.39, 0.29) is 5.56 Å². The Balaban J connectivity index is 1.67. The summed E-state index contributed by atoms with van der Waals surface area (Å²) in [5.41, 5.74) is 5.03. The molecule has 0 saturated carbocycles. The van der Waals surface area contributed by atoms with Gasteiger partial charge in [0.05, 0.1) is 29.4 Å². The number of nitrogens with zero attached hydrogens (tertiary/aromatic N) is 1. The van der Waals surface area contributed by atoms with E-state index in [2.05, 4.69) is 29.9 Å². The molecule has 0 fully saturated rings. The molecule has 2 aromatic heterocycles. The summed E-state index contributed by atoms with van der Waals surface area (Å²) in [5, 5.41) is 10.00. The number of allylic oxidation sites excluding steroid dienone is 2. The molecule has 3 heterocycles. The lowest BCUT2D eigenvalue weighted by Gasteiger charge is -2.04. The van der Waals surface area contributed by atoms with Crippen molar-refractivity contribution < 1.29 is 14.6 Å². The van der Waals surface area contributed by atoms with Crippen LogP contribution in [0.1, 0.15) is 113 Å². The van der Waals surface area contributed by atoms with Crippen molar-refractivity contribution in [3.05, 3.63) is 46.9 Å². The van der Waals surface area contributed by atoms with Gasteiger partial charge in [-0.05, 0) is 56.5 Å². The fourth-order valence-corrected chi connectivity index (χ4v) is 4.71. The second kappa shape index (κ2) is 14.5. The normalized spacial score (nSPS) is 14.1. The number of aromatic nitrogens is 2. The molecule has 1 aliphatic heterocycles. The summed E-state index contributed by atoms with van der Waals surface area (Å²) in [6, 6.07) is 3.93. The minimum absolute atomic E-state index is 0.148. The Hall–Kier alpha value is -3.02. The lowest BCUT2D eigenvalue weighted by atomic mass is 10.1. The van der Waals surface area contributed by atoms with Crippen LogP contribution in [0, 0.1) is 0 Å². The zero-order chi connectivity index (χ0) is 25.8. The van der Waals surface area contributed by atoms with Gasteiger partial charge in [-0.3, -0.25) is 4.99 Å². The fraction of sp³-hybridized carbons (Fsp3) is 0.533. The zero-order valence-electron chi connectivity index (χ0n) is 22.3. The molecule has 1 aliphatic rings. The molecule has 0 saturated heterocycles. The lowest BCUT2D eigenvalue weighted by molar-refractivity contribution is 0.0694. The van der Waals surface area contributed by atoms with Gasteiger partial charge in [0.2, 0.25) is 0 Å². The van der Waals surface area contributed by atoms with Crippen LogP contribution in [0.25, 0.3) is 17.5 Å². The van der Waals surface area contributed by atoms with Crippen LogP contribution in [0.2, 0.25) is 0 Å². The number of H-pyrrole nitrogens is 2. The van der Waals surface area contributed by atoms with E-state index >= 15 is 0 Å². The van der Waals surface area contributed by atoms with Gasteiger partial charge in [0.15, 0.2) is 5.75 Å². The average molecular weight is 494 g/mol. The van der Waals surface area contributed by atoms with E-state index in [0.29, 0.717) is 23.7 Å². The van der Waals surface area contributed by atoms with Crippen molar-refractivity contribution in [3.63, 3.8) is 0 Å². The first kappa shape index (κ1) is 27.6. The number of carbonyl (C=O) groups is 1. The molecule has 3 N–H and O–H groups in total. The Morgan fingerprint density at radius 1 is 0.917 bits per heavy atom. The number of unbranched alkanes of at least 4 members (excludes halogenated alkanes) is 8. The van der Waals surface area contributed by atoms with Gasteiger partial charge in [0.1, 0.15) is 5.56 Å². The summed E-state index contributed by atoms with van der Waals surface area (Å²) in [4.78, 5) is 23.6. The topological polar surface area (TPSA) is 90.5 Å². The predicted molar refractivity (Wildman–Crippen MR) is 149 cm³/mol. The van der Waals surface area contributed by atoms with Crippen LogP contribution in [0.4, 0.5) is 0 Å². The molecule has 0 aliphatic carbocycles. The first-order chi connectivity index (χ1) is 17.6. The molecule has 2 aromatic rings. The van der Waals surface area contributed by atoms with Crippen LogP contribution in [-0.4, -0.2) is 33.4 Å². The Morgan fingerprint density at radius 2 is 1.64 bits per heavy atom. The molecule has 6 nitrogen and oxygen atoms in total. The van der Waals surface area contributed by atoms with E-state index in [1.807, 2.05) is 31.2 Å². The molecule has 0 spiro atoms. The summed E-state index contributed by atoms with van der Waals surface area (Å²) < 4.78 is 5.81. The van der Waals surface area contributed by atoms with Gasteiger partial charge in [0, 0.05) is 11.4 Å². The van der Waals surface area contributed by atoms with Crippen molar-refractivity contribution in [1.82, 2.24) is 9.97 Å². The fourth-order valence-electron chi connectivity index (χ4n) is 4.71. The first-order valence-corrected chi connectivity index (χ1v) is 13.8. The van der Waals surface area contributed by atoms with Crippen molar-refractivity contribution in [2.24, 2.45) is 4.99 Å². The van der Waals surface area contributed by atoms with E-state index in [1.54, 1.807) is 0 Å². The van der Waals surface area contributed by atoms with Crippen molar-refractivity contribution in [2.75, 3.05) is 6.61 Å². The molecule has 0 amide bonds. The maximum atomic E-state index is 12.2. The summed E-state index contributed by atoms with van der Waals surface area (Å²) in [7, 11) is 0. The lowest BCUT2D eigenvalue weighted by Crippen LogP contribution is -2.02. The Bertz CT molecular complexity index is 1070. The standard InChI is InChI=1S/C30H43N3O3/c1-4-7-8-9-10-11-12-13-14-16-23-17-18-24(31-23)21-26-29(36-6-3)27(30(34)35)28(33-26)25-20-19-22(32-25)15-5-2/h17-21,32-33H,4-16H2,1-3H3,(H,34,35)/b24-21+. The molecule has 0 atom stereocenters.